The number of rotatable bonds is 4. The van der Waals surface area contributed by atoms with Crippen molar-refractivity contribution < 1.29 is 9.84 Å². The molecule has 6 heteroatoms. The quantitative estimate of drug-likeness (QED) is 0.832. The van der Waals surface area contributed by atoms with Gasteiger partial charge in [-0.2, -0.15) is 0 Å². The summed E-state index contributed by atoms with van der Waals surface area (Å²) in [6.45, 7) is 2.67. The molecule has 2 rings (SSSR count). The van der Waals surface area contributed by atoms with Crippen molar-refractivity contribution >= 4 is 17.4 Å². The number of hydrogen-bond donors (Lipinski definition) is 2. The van der Waals surface area contributed by atoms with Gasteiger partial charge in [-0.1, -0.05) is 18.5 Å². The molecule has 0 atom stereocenters. The van der Waals surface area contributed by atoms with Gasteiger partial charge in [0.1, 0.15) is 6.33 Å². The van der Waals surface area contributed by atoms with Gasteiger partial charge >= 0.3 is 0 Å². The molecule has 0 bridgehead atoms. The zero-order valence-corrected chi connectivity index (χ0v) is 12.1. The molecule has 1 aromatic rings. The molecule has 0 aromatic carbocycles. The molecule has 0 radical (unpaired) electrons. The molecule has 5 nitrogen and oxygen atoms in total. The molecule has 2 N–H and O–H groups in total. The lowest BCUT2D eigenvalue weighted by molar-refractivity contribution is 0.00491. The lowest BCUT2D eigenvalue weighted by atomic mass is 9.79. The molecule has 0 saturated heterocycles. The van der Waals surface area contributed by atoms with Crippen molar-refractivity contribution in [2.45, 2.75) is 38.2 Å². The van der Waals surface area contributed by atoms with Gasteiger partial charge in [-0.15, -0.1) is 0 Å². The van der Waals surface area contributed by atoms with Gasteiger partial charge in [0.2, 0.25) is 0 Å². The minimum absolute atomic E-state index is 0.268. The van der Waals surface area contributed by atoms with Crippen LogP contribution in [0, 0.1) is 5.92 Å². The Bertz CT molecular complexity index is 434. The van der Waals surface area contributed by atoms with Crippen LogP contribution >= 0.6 is 11.6 Å². The lowest BCUT2D eigenvalue weighted by Crippen LogP contribution is -2.40. The third-order valence-electron chi connectivity index (χ3n) is 3.75. The molecule has 0 spiro atoms. The normalized spacial score (nSPS) is 27.1. The van der Waals surface area contributed by atoms with E-state index in [1.807, 2.05) is 0 Å². The fourth-order valence-corrected chi connectivity index (χ4v) is 2.59. The topological polar surface area (TPSA) is 67.3 Å². The van der Waals surface area contributed by atoms with Crippen molar-refractivity contribution in [3.8, 4) is 5.75 Å². The first-order valence-electron chi connectivity index (χ1n) is 6.55. The molecule has 1 aliphatic carbocycles. The molecular formula is C13H20ClN3O2. The fraction of sp³-hybridized carbons (Fsp3) is 0.692. The highest BCUT2D eigenvalue weighted by Gasteiger charge is 2.31. The van der Waals surface area contributed by atoms with Crippen molar-refractivity contribution in [2.24, 2.45) is 5.92 Å². The number of aromatic nitrogens is 2. The molecule has 1 saturated carbocycles. The number of halogens is 1. The Balaban J connectivity index is 2.01. The zero-order valence-electron chi connectivity index (χ0n) is 11.3. The maximum Gasteiger partial charge on any atom is 0.198 e. The Morgan fingerprint density at radius 1 is 1.47 bits per heavy atom. The molecular weight excluding hydrogens is 266 g/mol. The maximum absolute atomic E-state index is 10.5. The second kappa shape index (κ2) is 5.92. The largest absolute Gasteiger partial charge is 0.490 e. The number of hydrogen-bond acceptors (Lipinski definition) is 5. The van der Waals surface area contributed by atoms with E-state index in [2.05, 4.69) is 22.2 Å². The van der Waals surface area contributed by atoms with E-state index in [0.717, 1.165) is 25.7 Å². The predicted molar refractivity (Wildman–Crippen MR) is 74.7 cm³/mol. The molecule has 0 amide bonds. The van der Waals surface area contributed by atoms with Gasteiger partial charge in [-0.05, 0) is 31.6 Å². The minimum atomic E-state index is -0.672. The highest BCUT2D eigenvalue weighted by atomic mass is 35.5. The summed E-state index contributed by atoms with van der Waals surface area (Å²) in [6.07, 6.45) is 5.10. The number of ether oxygens (including phenoxy) is 1. The van der Waals surface area contributed by atoms with Crippen LogP contribution in [0.4, 0.5) is 5.82 Å². The summed E-state index contributed by atoms with van der Waals surface area (Å²) in [7, 11) is 1.52. The average molecular weight is 286 g/mol. The second-order valence-corrected chi connectivity index (χ2v) is 5.66. The van der Waals surface area contributed by atoms with Crippen molar-refractivity contribution in [1.82, 2.24) is 9.97 Å². The van der Waals surface area contributed by atoms with Crippen LogP contribution in [0.5, 0.6) is 5.75 Å². The van der Waals surface area contributed by atoms with Gasteiger partial charge in [0.15, 0.2) is 16.7 Å². The number of methoxy groups -OCH3 is 1. The first-order valence-corrected chi connectivity index (χ1v) is 6.92. The number of anilines is 1. The summed E-state index contributed by atoms with van der Waals surface area (Å²) in [5.41, 5.74) is -0.672. The van der Waals surface area contributed by atoms with Crippen molar-refractivity contribution in [2.75, 3.05) is 19.0 Å². The van der Waals surface area contributed by atoms with Crippen molar-refractivity contribution in [1.29, 1.82) is 0 Å². The summed E-state index contributed by atoms with van der Waals surface area (Å²) in [5, 5.41) is 13.9. The first-order chi connectivity index (χ1) is 9.04. The summed E-state index contributed by atoms with van der Waals surface area (Å²) >= 11 is 5.93. The van der Waals surface area contributed by atoms with Crippen LogP contribution in [-0.2, 0) is 0 Å². The van der Waals surface area contributed by atoms with Crippen LogP contribution in [0.25, 0.3) is 0 Å². The molecule has 1 heterocycles. The Morgan fingerprint density at radius 3 is 2.79 bits per heavy atom. The van der Waals surface area contributed by atoms with E-state index < -0.39 is 5.60 Å². The third kappa shape index (κ3) is 3.48. The Labute approximate surface area is 118 Å². The molecule has 0 aliphatic heterocycles. The Kier molecular flexibility index (Phi) is 4.47. The number of aliphatic hydroxyl groups is 1. The fourth-order valence-electron chi connectivity index (χ4n) is 2.38. The van der Waals surface area contributed by atoms with E-state index in [-0.39, 0.29) is 5.15 Å². The molecule has 19 heavy (non-hydrogen) atoms. The monoisotopic (exact) mass is 285 g/mol. The van der Waals surface area contributed by atoms with Crippen LogP contribution in [0.1, 0.15) is 32.6 Å². The van der Waals surface area contributed by atoms with Crippen molar-refractivity contribution in [3.63, 3.8) is 0 Å². The van der Waals surface area contributed by atoms with Crippen molar-refractivity contribution in [3.05, 3.63) is 11.5 Å². The molecule has 106 valence electrons. The molecule has 0 unspecified atom stereocenters. The van der Waals surface area contributed by atoms with Crippen LogP contribution in [0.3, 0.4) is 0 Å². The van der Waals surface area contributed by atoms with Gasteiger partial charge in [0, 0.05) is 6.54 Å². The van der Waals surface area contributed by atoms with E-state index in [1.54, 1.807) is 0 Å². The Morgan fingerprint density at radius 2 is 2.16 bits per heavy atom. The van der Waals surface area contributed by atoms with E-state index in [9.17, 15) is 5.11 Å². The van der Waals surface area contributed by atoms with Crippen LogP contribution < -0.4 is 10.1 Å². The Hall–Kier alpha value is -1.07. The zero-order chi connectivity index (χ0) is 13.9. The average Bonchev–Trinajstić information content (AvgIpc) is 2.40. The highest BCUT2D eigenvalue weighted by Crippen LogP contribution is 2.33. The van der Waals surface area contributed by atoms with Gasteiger partial charge < -0.3 is 15.2 Å². The first kappa shape index (κ1) is 14.3. The molecule has 1 aliphatic rings. The van der Waals surface area contributed by atoms with Gasteiger partial charge in [-0.3, -0.25) is 0 Å². The van der Waals surface area contributed by atoms with Crippen LogP contribution in [0.2, 0.25) is 5.15 Å². The number of nitrogens with zero attached hydrogens (tertiary/aromatic N) is 2. The third-order valence-corrected chi connectivity index (χ3v) is 4.02. The summed E-state index contributed by atoms with van der Waals surface area (Å²) in [6, 6.07) is 0. The van der Waals surface area contributed by atoms with Crippen LogP contribution in [0.15, 0.2) is 6.33 Å². The predicted octanol–water partition coefficient (Wildman–Crippen LogP) is 2.49. The molecule has 1 fully saturated rings. The van der Waals surface area contributed by atoms with Gasteiger partial charge in [-0.25, -0.2) is 9.97 Å². The summed E-state index contributed by atoms with van der Waals surface area (Å²) < 4.78 is 5.16. The minimum Gasteiger partial charge on any atom is -0.490 e. The SMILES string of the molecule is COc1c(Cl)ncnc1NCC1(O)CCC(C)CC1. The van der Waals surface area contributed by atoms with Gasteiger partial charge in [0.05, 0.1) is 12.7 Å². The second-order valence-electron chi connectivity index (χ2n) is 5.31. The standard InChI is InChI=1S/C13H20ClN3O2/c1-9-3-5-13(18,6-4-9)7-15-12-10(19-2)11(14)16-8-17-12/h8-9,18H,3-7H2,1-2H3,(H,15,16,17). The van der Waals surface area contributed by atoms with E-state index in [4.69, 9.17) is 16.3 Å². The van der Waals surface area contributed by atoms with E-state index in [1.165, 1.54) is 13.4 Å². The van der Waals surface area contributed by atoms with E-state index >= 15 is 0 Å². The number of nitrogens with one attached hydrogen (secondary N) is 1. The highest BCUT2D eigenvalue weighted by molar-refractivity contribution is 6.31. The van der Waals surface area contributed by atoms with Gasteiger partial charge in [0.25, 0.3) is 0 Å². The summed E-state index contributed by atoms with van der Waals surface area (Å²) in [5.74, 6) is 1.63. The maximum atomic E-state index is 10.5. The smallest absolute Gasteiger partial charge is 0.198 e. The van der Waals surface area contributed by atoms with E-state index in [0.29, 0.717) is 24.0 Å². The summed E-state index contributed by atoms with van der Waals surface area (Å²) in [4.78, 5) is 7.96. The van der Waals surface area contributed by atoms with Crippen LogP contribution in [-0.4, -0.2) is 34.3 Å². The lowest BCUT2D eigenvalue weighted by Gasteiger charge is -2.35. The molecule has 1 aromatic heterocycles.